The third kappa shape index (κ3) is 6.60. The van der Waals surface area contributed by atoms with Crippen molar-refractivity contribution in [2.45, 2.75) is 58.8 Å². The van der Waals surface area contributed by atoms with E-state index >= 15 is 0 Å². The van der Waals surface area contributed by atoms with Crippen LogP contribution in [-0.4, -0.2) is 56.5 Å². The van der Waals surface area contributed by atoms with Crippen molar-refractivity contribution in [1.29, 1.82) is 0 Å². The normalized spacial score (nSPS) is 30.3. The third-order valence-electron chi connectivity index (χ3n) is 7.47. The minimum absolute atomic E-state index is 0.0974. The van der Waals surface area contributed by atoms with Gasteiger partial charge in [0.15, 0.2) is 0 Å². The Morgan fingerprint density at radius 3 is 2.13 bits per heavy atom. The number of hydrogen-bond acceptors (Lipinski definition) is 6. The molecule has 0 aromatic carbocycles. The highest BCUT2D eigenvalue weighted by Crippen LogP contribution is 2.57. The second-order valence-electron chi connectivity index (χ2n) is 9.64. The molecule has 4 saturated carbocycles. The van der Waals surface area contributed by atoms with E-state index in [0.29, 0.717) is 18.9 Å². The van der Waals surface area contributed by atoms with Crippen LogP contribution in [0, 0.1) is 42.4 Å². The van der Waals surface area contributed by atoms with E-state index in [1.165, 1.54) is 32.1 Å². The van der Waals surface area contributed by atoms with Gasteiger partial charge in [0.25, 0.3) is 0 Å². The highest BCUT2D eigenvalue weighted by atomic mass is 16.7. The Balaban J connectivity index is 1.24. The van der Waals surface area contributed by atoms with Gasteiger partial charge in [-0.15, -0.1) is 0 Å². The van der Waals surface area contributed by atoms with Crippen LogP contribution < -0.4 is 0 Å². The van der Waals surface area contributed by atoms with Gasteiger partial charge in [-0.25, -0.2) is 4.79 Å². The van der Waals surface area contributed by atoms with Crippen LogP contribution in [-0.2, 0) is 19.0 Å². The first-order valence-corrected chi connectivity index (χ1v) is 12.0. The van der Waals surface area contributed by atoms with E-state index in [9.17, 15) is 9.59 Å². The van der Waals surface area contributed by atoms with Crippen LogP contribution >= 0.6 is 0 Å². The van der Waals surface area contributed by atoms with Gasteiger partial charge >= 0.3 is 12.1 Å². The first kappa shape index (κ1) is 23.4. The molecule has 6 heteroatoms. The predicted octanol–water partition coefficient (Wildman–Crippen LogP) is 4.33. The molecule has 4 rings (SSSR count). The fourth-order valence-corrected chi connectivity index (χ4v) is 6.09. The van der Waals surface area contributed by atoms with Gasteiger partial charge in [-0.3, -0.25) is 4.79 Å². The number of ether oxygens (including phenoxy) is 3. The summed E-state index contributed by atoms with van der Waals surface area (Å²) in [6.07, 6.45) is 7.32. The number of nitrogens with zero attached hydrogens (tertiary/aromatic N) is 1. The molecule has 6 nitrogen and oxygen atoms in total. The summed E-state index contributed by atoms with van der Waals surface area (Å²) in [7, 11) is 0. The SMILES string of the molecule is [CH2]C(COC(=O)CC1C2CC3CC(C2)CC1C3)COC(=O)OCCCN(CC)CC. The molecule has 0 spiro atoms. The quantitative estimate of drug-likeness (QED) is 0.345. The van der Waals surface area contributed by atoms with Crippen molar-refractivity contribution in [1.82, 2.24) is 4.90 Å². The minimum atomic E-state index is -0.678. The topological polar surface area (TPSA) is 65.1 Å². The minimum Gasteiger partial charge on any atom is -0.465 e. The molecule has 4 aliphatic rings. The molecule has 1 atom stereocenters. The van der Waals surface area contributed by atoms with Crippen LogP contribution in [0.15, 0.2) is 0 Å². The van der Waals surface area contributed by atoms with E-state index in [2.05, 4.69) is 25.7 Å². The molecule has 171 valence electrons. The van der Waals surface area contributed by atoms with Crippen molar-refractivity contribution in [3.8, 4) is 0 Å². The highest BCUT2D eigenvalue weighted by Gasteiger charge is 2.48. The molecule has 0 N–H and O–H groups in total. The molecule has 0 aromatic rings. The van der Waals surface area contributed by atoms with Crippen LogP contribution in [0.2, 0.25) is 0 Å². The van der Waals surface area contributed by atoms with Gasteiger partial charge in [0.05, 0.1) is 13.2 Å². The second kappa shape index (κ2) is 11.4. The molecule has 0 saturated heterocycles. The molecule has 0 aromatic heterocycles. The lowest BCUT2D eigenvalue weighted by Crippen LogP contribution is -2.45. The van der Waals surface area contributed by atoms with Gasteiger partial charge in [-0.05, 0) is 88.1 Å². The lowest BCUT2D eigenvalue weighted by molar-refractivity contribution is -0.150. The maximum atomic E-state index is 12.4. The first-order chi connectivity index (χ1) is 14.5. The van der Waals surface area contributed by atoms with Gasteiger partial charge in [0, 0.05) is 18.9 Å². The zero-order valence-corrected chi connectivity index (χ0v) is 18.9. The number of esters is 1. The third-order valence-corrected chi connectivity index (χ3v) is 7.47. The molecule has 4 aliphatic carbocycles. The number of hydrogen-bond donors (Lipinski definition) is 0. The summed E-state index contributed by atoms with van der Waals surface area (Å²) in [5, 5.41) is 0. The largest absolute Gasteiger partial charge is 0.508 e. The van der Waals surface area contributed by atoms with Crippen molar-refractivity contribution >= 4 is 12.1 Å². The van der Waals surface area contributed by atoms with E-state index in [1.807, 2.05) is 0 Å². The monoisotopic (exact) mass is 422 g/mol. The summed E-state index contributed by atoms with van der Waals surface area (Å²) in [5.74, 6) is 3.39. The molecular formula is C24H40NO5. The van der Waals surface area contributed by atoms with E-state index in [0.717, 1.165) is 49.7 Å². The standard InChI is InChI=1S/C24H40NO5/c1-4-25(5-2)7-6-8-28-24(27)30-16-17(3)15-29-23(26)14-22-20-10-18-9-19(12-20)13-21(22)11-18/h17-22H,3-16H2,1-2H3. The molecular weight excluding hydrogens is 382 g/mol. The van der Waals surface area contributed by atoms with Gasteiger partial charge in [-0.1, -0.05) is 13.8 Å². The molecule has 30 heavy (non-hydrogen) atoms. The number of rotatable bonds is 12. The molecule has 1 unspecified atom stereocenters. The van der Waals surface area contributed by atoms with E-state index in [4.69, 9.17) is 14.2 Å². The van der Waals surface area contributed by atoms with E-state index < -0.39 is 6.16 Å². The summed E-state index contributed by atoms with van der Waals surface area (Å²) >= 11 is 0. The fourth-order valence-electron chi connectivity index (χ4n) is 6.09. The highest BCUT2D eigenvalue weighted by molar-refractivity contribution is 5.69. The average molecular weight is 423 g/mol. The second-order valence-corrected chi connectivity index (χ2v) is 9.64. The van der Waals surface area contributed by atoms with Gasteiger partial charge in [0.1, 0.15) is 6.61 Å². The summed E-state index contributed by atoms with van der Waals surface area (Å²) in [5.41, 5.74) is 0. The van der Waals surface area contributed by atoms with Crippen molar-refractivity contribution in [2.24, 2.45) is 35.5 Å². The lowest BCUT2D eigenvalue weighted by atomic mass is 9.51. The van der Waals surface area contributed by atoms with Crippen molar-refractivity contribution in [3.63, 3.8) is 0 Å². The van der Waals surface area contributed by atoms with E-state index in [-0.39, 0.29) is 25.1 Å². The Kier molecular flexibility index (Phi) is 8.84. The molecule has 0 heterocycles. The van der Waals surface area contributed by atoms with Crippen molar-refractivity contribution in [2.75, 3.05) is 39.5 Å². The zero-order chi connectivity index (χ0) is 21.5. The summed E-state index contributed by atoms with van der Waals surface area (Å²) in [6.45, 7) is 11.7. The molecule has 0 amide bonds. The smallest absolute Gasteiger partial charge is 0.465 e. The van der Waals surface area contributed by atoms with Crippen molar-refractivity contribution in [3.05, 3.63) is 6.92 Å². The van der Waals surface area contributed by atoms with Crippen molar-refractivity contribution < 1.29 is 23.8 Å². The zero-order valence-electron chi connectivity index (χ0n) is 18.9. The Bertz CT molecular complexity index is 534. The van der Waals surface area contributed by atoms with Gasteiger partial charge in [0.2, 0.25) is 0 Å². The number of carbonyl (C=O) groups excluding carboxylic acids is 2. The molecule has 0 aliphatic heterocycles. The first-order valence-electron chi connectivity index (χ1n) is 12.0. The number of carbonyl (C=O) groups is 2. The van der Waals surface area contributed by atoms with Crippen LogP contribution in [0.5, 0.6) is 0 Å². The Labute approximate surface area is 182 Å². The Morgan fingerprint density at radius 2 is 1.53 bits per heavy atom. The van der Waals surface area contributed by atoms with Gasteiger partial charge < -0.3 is 19.1 Å². The Morgan fingerprint density at radius 1 is 0.933 bits per heavy atom. The maximum absolute atomic E-state index is 12.4. The van der Waals surface area contributed by atoms with Crippen LogP contribution in [0.1, 0.15) is 58.8 Å². The Hall–Kier alpha value is -1.30. The summed E-state index contributed by atoms with van der Waals surface area (Å²) in [4.78, 5) is 26.3. The maximum Gasteiger partial charge on any atom is 0.508 e. The van der Waals surface area contributed by atoms with Crippen LogP contribution in [0.3, 0.4) is 0 Å². The summed E-state index contributed by atoms with van der Waals surface area (Å²) < 4.78 is 15.6. The fraction of sp³-hybridized carbons (Fsp3) is 0.875. The summed E-state index contributed by atoms with van der Waals surface area (Å²) in [6, 6.07) is 0. The average Bonchev–Trinajstić information content (AvgIpc) is 2.73. The molecule has 1 radical (unpaired) electrons. The predicted molar refractivity (Wildman–Crippen MR) is 115 cm³/mol. The van der Waals surface area contributed by atoms with Crippen LogP contribution in [0.4, 0.5) is 4.79 Å². The lowest BCUT2D eigenvalue weighted by Gasteiger charge is -2.54. The molecule has 4 fully saturated rings. The van der Waals surface area contributed by atoms with E-state index in [1.54, 1.807) is 0 Å². The van der Waals surface area contributed by atoms with Gasteiger partial charge in [-0.2, -0.15) is 0 Å². The van der Waals surface area contributed by atoms with Crippen LogP contribution in [0.25, 0.3) is 0 Å². The molecule has 4 bridgehead atoms.